The van der Waals surface area contributed by atoms with Crippen molar-refractivity contribution in [2.75, 3.05) is 6.61 Å². The van der Waals surface area contributed by atoms with Crippen LogP contribution in [0.25, 0.3) is 0 Å². The highest BCUT2D eigenvalue weighted by Gasteiger charge is 1.86. The molecule has 2 heteroatoms. The Bertz CT molecular complexity index is 76.1. The van der Waals surface area contributed by atoms with Crippen LogP contribution in [0, 0.1) is 0 Å². The van der Waals surface area contributed by atoms with Gasteiger partial charge in [-0.3, -0.25) is 4.79 Å². The second-order valence-electron chi connectivity index (χ2n) is 1.18. The van der Waals surface area contributed by atoms with E-state index in [-0.39, 0.29) is 6.61 Å². The zero-order valence-electron chi connectivity index (χ0n) is 3.98. The second-order valence-corrected chi connectivity index (χ2v) is 1.18. The van der Waals surface area contributed by atoms with Gasteiger partial charge < -0.3 is 5.11 Å². The monoisotopic (exact) mass is 99.0 g/mol. The molecule has 1 N–H and O–H groups in total. The molecule has 0 amide bonds. The smallest absolute Gasteiger partial charge is 0.228 e. The molecule has 0 spiro atoms. The Labute approximate surface area is 42.5 Å². The summed E-state index contributed by atoms with van der Waals surface area (Å²) in [6.45, 7) is 3.26. The third kappa shape index (κ3) is 3.19. The Kier molecular flexibility index (Phi) is 3.24. The Morgan fingerprint density at radius 1 is 1.86 bits per heavy atom. The highest BCUT2D eigenvalue weighted by molar-refractivity contribution is 5.72. The summed E-state index contributed by atoms with van der Waals surface area (Å²) >= 11 is 0. The first kappa shape index (κ1) is 6.37. The second kappa shape index (κ2) is 3.56. The van der Waals surface area contributed by atoms with E-state index >= 15 is 0 Å². The Hall–Kier alpha value is -0.630. The van der Waals surface area contributed by atoms with E-state index in [2.05, 4.69) is 6.58 Å². The largest absolute Gasteiger partial charge is 0.396 e. The van der Waals surface area contributed by atoms with Crippen molar-refractivity contribution < 1.29 is 9.90 Å². The maximum absolute atomic E-state index is 9.56. The van der Waals surface area contributed by atoms with E-state index in [9.17, 15) is 4.79 Å². The molecular weight excluding hydrogens is 92.1 g/mol. The Balaban J connectivity index is 3.17. The molecule has 39 valence electrons. The average Bonchev–Trinajstić information content (AvgIpc) is 1.68. The number of hydrogen-bond acceptors (Lipinski definition) is 2. The highest BCUT2D eigenvalue weighted by atomic mass is 16.3. The maximum Gasteiger partial charge on any atom is 0.228 e. The first-order valence-electron chi connectivity index (χ1n) is 1.98. The van der Waals surface area contributed by atoms with Crippen molar-refractivity contribution in [3.63, 3.8) is 0 Å². The summed E-state index contributed by atoms with van der Waals surface area (Å²) in [5, 5.41) is 8.13. The minimum Gasteiger partial charge on any atom is -0.396 e. The van der Waals surface area contributed by atoms with E-state index in [1.54, 1.807) is 6.29 Å². The van der Waals surface area contributed by atoms with Crippen molar-refractivity contribution in [3.05, 3.63) is 12.2 Å². The fourth-order valence-corrected chi connectivity index (χ4v) is 0.186. The summed E-state index contributed by atoms with van der Waals surface area (Å²) in [5.74, 6) is 0. The standard InChI is InChI=1S/C5H7O2/c1-5(4-7)2-3-6/h6H,1-3H2. The number of aliphatic hydroxyl groups is 1. The lowest BCUT2D eigenvalue weighted by Gasteiger charge is -1.84. The van der Waals surface area contributed by atoms with E-state index in [4.69, 9.17) is 5.11 Å². The molecule has 0 unspecified atom stereocenters. The van der Waals surface area contributed by atoms with Gasteiger partial charge in [0.1, 0.15) is 0 Å². The lowest BCUT2D eigenvalue weighted by Crippen LogP contribution is -1.85. The van der Waals surface area contributed by atoms with Crippen LogP contribution in [0.2, 0.25) is 0 Å². The SMILES string of the molecule is C=C([C]=O)CCO. The van der Waals surface area contributed by atoms with Crippen LogP contribution in [-0.4, -0.2) is 18.0 Å². The zero-order valence-corrected chi connectivity index (χ0v) is 3.98. The summed E-state index contributed by atoms with van der Waals surface area (Å²) in [4.78, 5) is 9.56. The number of aliphatic hydroxyl groups excluding tert-OH is 1. The first-order valence-corrected chi connectivity index (χ1v) is 1.98. The molecule has 0 aliphatic carbocycles. The van der Waals surface area contributed by atoms with Crippen molar-refractivity contribution in [3.8, 4) is 0 Å². The Morgan fingerprint density at radius 2 is 2.43 bits per heavy atom. The van der Waals surface area contributed by atoms with Gasteiger partial charge in [-0.1, -0.05) is 6.58 Å². The predicted molar refractivity (Wildman–Crippen MR) is 26.5 cm³/mol. The van der Waals surface area contributed by atoms with E-state index in [0.717, 1.165) is 0 Å². The molecule has 0 aliphatic heterocycles. The normalized spacial score (nSPS) is 8.14. The molecule has 0 atom stereocenters. The van der Waals surface area contributed by atoms with Crippen molar-refractivity contribution in [1.29, 1.82) is 0 Å². The molecule has 0 saturated heterocycles. The van der Waals surface area contributed by atoms with Crippen LogP contribution >= 0.6 is 0 Å². The van der Waals surface area contributed by atoms with Gasteiger partial charge in [0, 0.05) is 6.61 Å². The third-order valence-electron chi connectivity index (χ3n) is 0.558. The lowest BCUT2D eigenvalue weighted by molar-refractivity contribution is 0.301. The molecule has 2 nitrogen and oxygen atoms in total. The minimum atomic E-state index is -0.0198. The van der Waals surface area contributed by atoms with Crippen molar-refractivity contribution in [2.45, 2.75) is 6.42 Å². The van der Waals surface area contributed by atoms with Gasteiger partial charge in [0.15, 0.2) is 0 Å². The fraction of sp³-hybridized carbons (Fsp3) is 0.400. The number of rotatable bonds is 3. The average molecular weight is 99.1 g/mol. The Morgan fingerprint density at radius 3 is 2.57 bits per heavy atom. The van der Waals surface area contributed by atoms with Crippen LogP contribution in [0.4, 0.5) is 0 Å². The van der Waals surface area contributed by atoms with Gasteiger partial charge >= 0.3 is 0 Å². The zero-order chi connectivity index (χ0) is 5.70. The number of hydrogen-bond donors (Lipinski definition) is 1. The van der Waals surface area contributed by atoms with Crippen molar-refractivity contribution in [2.24, 2.45) is 0 Å². The molecule has 0 aromatic carbocycles. The van der Waals surface area contributed by atoms with Crippen molar-refractivity contribution >= 4 is 6.29 Å². The van der Waals surface area contributed by atoms with Gasteiger partial charge in [0.05, 0.1) is 0 Å². The molecular formula is C5H7O2. The topological polar surface area (TPSA) is 37.3 Å². The van der Waals surface area contributed by atoms with Crippen molar-refractivity contribution in [1.82, 2.24) is 0 Å². The van der Waals surface area contributed by atoms with Crippen LogP contribution in [-0.2, 0) is 4.79 Å². The maximum atomic E-state index is 9.56. The van der Waals surface area contributed by atoms with Crippen LogP contribution in [0.3, 0.4) is 0 Å². The molecule has 7 heavy (non-hydrogen) atoms. The molecule has 0 aromatic heterocycles. The van der Waals surface area contributed by atoms with Gasteiger partial charge in [0.2, 0.25) is 6.29 Å². The quantitative estimate of drug-likeness (QED) is 0.507. The minimum absolute atomic E-state index is 0.0198. The summed E-state index contributed by atoms with van der Waals surface area (Å²) in [6.07, 6.45) is 1.90. The van der Waals surface area contributed by atoms with Gasteiger partial charge in [0.25, 0.3) is 0 Å². The van der Waals surface area contributed by atoms with E-state index in [1.807, 2.05) is 0 Å². The molecule has 0 aromatic rings. The van der Waals surface area contributed by atoms with Gasteiger partial charge in [-0.15, -0.1) is 0 Å². The molecule has 0 bridgehead atoms. The predicted octanol–water partition coefficient (Wildman–Crippen LogP) is 0.0347. The van der Waals surface area contributed by atoms with E-state index < -0.39 is 0 Å². The molecule has 0 aliphatic rings. The molecule has 0 fully saturated rings. The number of carbonyl (C=O) groups excluding carboxylic acids is 1. The van der Waals surface area contributed by atoms with Crippen LogP contribution < -0.4 is 0 Å². The lowest BCUT2D eigenvalue weighted by atomic mass is 10.2. The molecule has 1 radical (unpaired) electrons. The molecule has 0 rings (SSSR count). The van der Waals surface area contributed by atoms with Gasteiger partial charge in [-0.05, 0) is 12.0 Å². The van der Waals surface area contributed by atoms with E-state index in [1.165, 1.54) is 0 Å². The highest BCUT2D eigenvalue weighted by Crippen LogP contribution is 1.88. The van der Waals surface area contributed by atoms with Crippen LogP contribution in [0.5, 0.6) is 0 Å². The fourth-order valence-electron chi connectivity index (χ4n) is 0.186. The molecule has 0 saturated carbocycles. The summed E-state index contributed by atoms with van der Waals surface area (Å²) < 4.78 is 0. The van der Waals surface area contributed by atoms with Crippen LogP contribution in [0.15, 0.2) is 12.2 Å². The summed E-state index contributed by atoms with van der Waals surface area (Å²) in [6, 6.07) is 0. The summed E-state index contributed by atoms with van der Waals surface area (Å²) in [5.41, 5.74) is 0.322. The first-order chi connectivity index (χ1) is 3.31. The third-order valence-corrected chi connectivity index (χ3v) is 0.558. The summed E-state index contributed by atoms with van der Waals surface area (Å²) in [7, 11) is 0. The van der Waals surface area contributed by atoms with Gasteiger partial charge in [-0.2, -0.15) is 0 Å². The van der Waals surface area contributed by atoms with Crippen LogP contribution in [0.1, 0.15) is 6.42 Å². The van der Waals surface area contributed by atoms with Gasteiger partial charge in [-0.25, -0.2) is 0 Å². The van der Waals surface area contributed by atoms with E-state index in [0.29, 0.717) is 12.0 Å². The molecule has 0 heterocycles.